The van der Waals surface area contributed by atoms with Crippen molar-refractivity contribution in [3.05, 3.63) is 23.8 Å². The molecule has 0 saturated heterocycles. The molecule has 0 atom stereocenters. The molecule has 0 spiro atoms. The number of aromatic nitrogens is 4. The van der Waals surface area contributed by atoms with Gasteiger partial charge >= 0.3 is 0 Å². The third-order valence-electron chi connectivity index (χ3n) is 2.00. The normalized spacial score (nSPS) is 10.9. The topological polar surface area (TPSA) is 111 Å². The van der Waals surface area contributed by atoms with E-state index >= 15 is 0 Å². The van der Waals surface area contributed by atoms with E-state index < -0.39 is 0 Å². The average Bonchev–Trinajstić information content (AvgIpc) is 2.74. The van der Waals surface area contributed by atoms with Crippen LogP contribution in [-0.4, -0.2) is 38.7 Å². The predicted molar refractivity (Wildman–Crippen MR) is 59.9 cm³/mol. The Morgan fingerprint density at radius 2 is 2.35 bits per heavy atom. The second-order valence-corrected chi connectivity index (χ2v) is 3.10. The molecule has 1 aromatic carbocycles. The summed E-state index contributed by atoms with van der Waals surface area (Å²) in [5, 5.41) is 23.7. The van der Waals surface area contributed by atoms with Crippen molar-refractivity contribution in [1.82, 2.24) is 20.3 Å². The van der Waals surface area contributed by atoms with Gasteiger partial charge in [0.1, 0.15) is 0 Å². The number of rotatable bonds is 3. The highest BCUT2D eigenvalue weighted by molar-refractivity contribution is 5.80. The van der Waals surface area contributed by atoms with E-state index in [1.54, 1.807) is 12.1 Å². The maximum atomic E-state index is 9.40. The zero-order chi connectivity index (χ0) is 12.3. The smallest absolute Gasteiger partial charge is 0.263 e. The number of phenolic OH excluding ortho intramolecular Hbond substituents is 1. The highest BCUT2D eigenvalue weighted by atomic mass is 16.5. The molecule has 2 aromatic rings. The van der Waals surface area contributed by atoms with Crippen LogP contribution in [0.3, 0.4) is 0 Å². The SMILES string of the molecule is COc1cc(/C=N\n2nnnc2N)ccc1O. The Labute approximate surface area is 96.3 Å². The van der Waals surface area contributed by atoms with Gasteiger partial charge in [0.05, 0.1) is 13.3 Å². The number of methoxy groups -OCH3 is 1. The molecular formula is C9H10N6O2. The summed E-state index contributed by atoms with van der Waals surface area (Å²) in [6.45, 7) is 0. The van der Waals surface area contributed by atoms with E-state index in [9.17, 15) is 5.11 Å². The first kappa shape index (κ1) is 10.9. The lowest BCUT2D eigenvalue weighted by Gasteiger charge is -2.03. The van der Waals surface area contributed by atoms with Crippen LogP contribution in [0.4, 0.5) is 5.95 Å². The van der Waals surface area contributed by atoms with Crippen molar-refractivity contribution in [2.75, 3.05) is 12.8 Å². The quantitative estimate of drug-likeness (QED) is 0.714. The Kier molecular flexibility index (Phi) is 2.86. The van der Waals surface area contributed by atoms with Crippen LogP contribution in [0.1, 0.15) is 5.56 Å². The monoisotopic (exact) mass is 234 g/mol. The first-order valence-electron chi connectivity index (χ1n) is 4.66. The number of nitrogens with zero attached hydrogens (tertiary/aromatic N) is 5. The van der Waals surface area contributed by atoms with E-state index in [1.807, 2.05) is 0 Å². The minimum atomic E-state index is 0.0617. The summed E-state index contributed by atoms with van der Waals surface area (Å²) in [5.41, 5.74) is 6.15. The molecule has 88 valence electrons. The van der Waals surface area contributed by atoms with Gasteiger partial charge in [-0.3, -0.25) is 0 Å². The summed E-state index contributed by atoms with van der Waals surface area (Å²) >= 11 is 0. The molecule has 0 unspecified atom stereocenters. The zero-order valence-electron chi connectivity index (χ0n) is 8.98. The summed E-state index contributed by atoms with van der Waals surface area (Å²) in [6.07, 6.45) is 1.49. The lowest BCUT2D eigenvalue weighted by Crippen LogP contribution is -1.99. The van der Waals surface area contributed by atoms with Gasteiger partial charge in [-0.15, -0.1) is 0 Å². The number of anilines is 1. The van der Waals surface area contributed by atoms with Crippen LogP contribution in [0.5, 0.6) is 11.5 Å². The molecule has 8 heteroatoms. The first-order chi connectivity index (χ1) is 8.20. The molecule has 0 aliphatic carbocycles. The minimum absolute atomic E-state index is 0.0617. The average molecular weight is 234 g/mol. The molecule has 8 nitrogen and oxygen atoms in total. The van der Waals surface area contributed by atoms with Crippen molar-refractivity contribution in [2.24, 2.45) is 5.10 Å². The fraction of sp³-hybridized carbons (Fsp3) is 0.111. The molecule has 0 bridgehead atoms. The van der Waals surface area contributed by atoms with Gasteiger partial charge in [0.25, 0.3) is 5.95 Å². The lowest BCUT2D eigenvalue weighted by atomic mass is 10.2. The molecule has 0 amide bonds. The number of benzene rings is 1. The molecule has 0 radical (unpaired) electrons. The number of nitrogen functional groups attached to an aromatic ring is 1. The van der Waals surface area contributed by atoms with Crippen molar-refractivity contribution in [2.45, 2.75) is 0 Å². The van der Waals surface area contributed by atoms with Crippen molar-refractivity contribution in [3.63, 3.8) is 0 Å². The third-order valence-corrected chi connectivity index (χ3v) is 2.00. The van der Waals surface area contributed by atoms with E-state index in [4.69, 9.17) is 10.5 Å². The Hall–Kier alpha value is -2.64. The van der Waals surface area contributed by atoms with Gasteiger partial charge < -0.3 is 15.6 Å². The van der Waals surface area contributed by atoms with Crippen molar-refractivity contribution in [1.29, 1.82) is 0 Å². The molecule has 0 aliphatic rings. The van der Waals surface area contributed by atoms with Crippen LogP contribution in [0.25, 0.3) is 0 Å². The molecule has 0 fully saturated rings. The number of ether oxygens (including phenoxy) is 1. The van der Waals surface area contributed by atoms with Crippen molar-refractivity contribution >= 4 is 12.2 Å². The molecule has 17 heavy (non-hydrogen) atoms. The molecule has 3 N–H and O–H groups in total. The molecule has 0 saturated carbocycles. The van der Waals surface area contributed by atoms with Gasteiger partial charge in [-0.1, -0.05) is 9.89 Å². The Balaban J connectivity index is 2.24. The van der Waals surface area contributed by atoms with Gasteiger partial charge in [0, 0.05) is 0 Å². The molecule has 0 aliphatic heterocycles. The molecular weight excluding hydrogens is 224 g/mol. The van der Waals surface area contributed by atoms with Gasteiger partial charge in [-0.05, 0) is 34.2 Å². The zero-order valence-corrected chi connectivity index (χ0v) is 8.98. The second-order valence-electron chi connectivity index (χ2n) is 3.10. The van der Waals surface area contributed by atoms with Gasteiger partial charge in [-0.2, -0.15) is 5.10 Å². The standard InChI is InChI=1S/C9H10N6O2/c1-17-8-4-6(2-3-7(8)16)5-11-15-9(10)12-13-14-15/h2-5,16H,1H3,(H2,10,12,14)/b11-5-. The van der Waals surface area contributed by atoms with Gasteiger partial charge in [-0.25, -0.2) is 0 Å². The van der Waals surface area contributed by atoms with Crippen LogP contribution in [0, 0.1) is 0 Å². The fourth-order valence-corrected chi connectivity index (χ4v) is 1.17. The minimum Gasteiger partial charge on any atom is -0.504 e. The number of hydrogen-bond acceptors (Lipinski definition) is 7. The predicted octanol–water partition coefficient (Wildman–Crippen LogP) is -0.148. The summed E-state index contributed by atoms with van der Waals surface area (Å²) in [4.78, 5) is 1.08. The van der Waals surface area contributed by atoms with E-state index in [0.29, 0.717) is 5.75 Å². The van der Waals surface area contributed by atoms with Gasteiger partial charge in [0.15, 0.2) is 11.5 Å². The summed E-state index contributed by atoms with van der Waals surface area (Å²) in [6, 6.07) is 4.80. The number of hydrogen-bond donors (Lipinski definition) is 2. The van der Waals surface area contributed by atoms with E-state index in [0.717, 1.165) is 10.4 Å². The van der Waals surface area contributed by atoms with Crippen LogP contribution in [0.15, 0.2) is 23.3 Å². The van der Waals surface area contributed by atoms with E-state index in [-0.39, 0.29) is 11.7 Å². The second kappa shape index (κ2) is 4.47. The summed E-state index contributed by atoms with van der Waals surface area (Å²) in [7, 11) is 1.47. The van der Waals surface area contributed by atoms with Crippen LogP contribution < -0.4 is 10.5 Å². The van der Waals surface area contributed by atoms with Crippen LogP contribution >= 0.6 is 0 Å². The third kappa shape index (κ3) is 2.30. The summed E-state index contributed by atoms with van der Waals surface area (Å²) in [5.74, 6) is 0.511. The van der Waals surface area contributed by atoms with E-state index in [2.05, 4.69) is 20.6 Å². The number of tetrazole rings is 1. The number of phenols is 1. The Morgan fingerprint density at radius 1 is 1.53 bits per heavy atom. The maximum absolute atomic E-state index is 9.40. The Bertz CT molecular complexity index is 550. The number of aromatic hydroxyl groups is 1. The highest BCUT2D eigenvalue weighted by Gasteiger charge is 2.01. The number of nitrogens with two attached hydrogens (primary N) is 1. The Morgan fingerprint density at radius 3 is 3.00 bits per heavy atom. The lowest BCUT2D eigenvalue weighted by molar-refractivity contribution is 0.373. The van der Waals surface area contributed by atoms with Crippen molar-refractivity contribution < 1.29 is 9.84 Å². The first-order valence-corrected chi connectivity index (χ1v) is 4.66. The molecule has 1 heterocycles. The summed E-state index contributed by atoms with van der Waals surface area (Å²) < 4.78 is 4.96. The fourth-order valence-electron chi connectivity index (χ4n) is 1.17. The maximum Gasteiger partial charge on any atom is 0.263 e. The van der Waals surface area contributed by atoms with Crippen LogP contribution in [0.2, 0.25) is 0 Å². The van der Waals surface area contributed by atoms with E-state index in [1.165, 1.54) is 19.4 Å². The highest BCUT2D eigenvalue weighted by Crippen LogP contribution is 2.25. The largest absolute Gasteiger partial charge is 0.504 e. The van der Waals surface area contributed by atoms with Gasteiger partial charge in [0.2, 0.25) is 0 Å². The molecule has 1 aromatic heterocycles. The molecule has 2 rings (SSSR count). The van der Waals surface area contributed by atoms with Crippen LogP contribution in [-0.2, 0) is 0 Å². The van der Waals surface area contributed by atoms with Crippen molar-refractivity contribution in [3.8, 4) is 11.5 Å².